The van der Waals surface area contributed by atoms with Gasteiger partial charge in [0.2, 0.25) is 11.5 Å². The molecular weight excluding hydrogens is 352 g/mol. The molecule has 0 aliphatic carbocycles. The van der Waals surface area contributed by atoms with Crippen LogP contribution >= 0.6 is 0 Å². The maximum Gasteiger partial charge on any atom is 0.339 e. The zero-order valence-electron chi connectivity index (χ0n) is 15.6. The van der Waals surface area contributed by atoms with Crippen molar-refractivity contribution in [3.8, 4) is 0 Å². The van der Waals surface area contributed by atoms with Crippen LogP contribution in [0.5, 0.6) is 0 Å². The first-order chi connectivity index (χ1) is 12.6. The number of nitrogens with zero attached hydrogens (tertiary/aromatic N) is 1. The predicted octanol–water partition coefficient (Wildman–Crippen LogP) is 1.16. The number of carbonyl (C=O) groups excluding carboxylic acids is 2. The number of rotatable bonds is 3. The molecule has 2 aliphatic rings. The molecule has 2 aliphatic heterocycles. The summed E-state index contributed by atoms with van der Waals surface area (Å²) in [6.45, 7) is 4.95. The van der Waals surface area contributed by atoms with Crippen molar-refractivity contribution in [1.29, 1.82) is 0 Å². The highest BCUT2D eigenvalue weighted by atomic mass is 16.5. The Hall–Kier alpha value is -2.45. The van der Waals surface area contributed by atoms with Gasteiger partial charge in [-0.2, -0.15) is 0 Å². The lowest BCUT2D eigenvalue weighted by atomic mass is 9.72. The number of hydrogen-bond donors (Lipinski definition) is 3. The highest BCUT2D eigenvalue weighted by Gasteiger charge is 2.59. The summed E-state index contributed by atoms with van der Waals surface area (Å²) >= 11 is 0. The van der Waals surface area contributed by atoms with Crippen LogP contribution in [0.4, 0.5) is 11.4 Å². The van der Waals surface area contributed by atoms with E-state index in [0.717, 1.165) is 5.56 Å². The summed E-state index contributed by atoms with van der Waals surface area (Å²) in [5.41, 5.74) is -1.37. The lowest BCUT2D eigenvalue weighted by Crippen LogP contribution is -2.66. The van der Waals surface area contributed by atoms with E-state index >= 15 is 0 Å². The van der Waals surface area contributed by atoms with Crippen LogP contribution < -0.4 is 10.2 Å². The summed E-state index contributed by atoms with van der Waals surface area (Å²) in [5, 5.41) is 23.3. The first-order valence-corrected chi connectivity index (χ1v) is 8.87. The van der Waals surface area contributed by atoms with Crippen LogP contribution in [-0.2, 0) is 25.5 Å². The summed E-state index contributed by atoms with van der Waals surface area (Å²) < 4.78 is 5.43. The molecule has 2 amide bonds. The normalized spacial score (nSPS) is 22.7. The van der Waals surface area contributed by atoms with Crippen molar-refractivity contribution in [3.05, 3.63) is 23.8 Å². The van der Waals surface area contributed by atoms with Crippen LogP contribution in [0.1, 0.15) is 32.8 Å². The molecule has 1 saturated heterocycles. The molecule has 8 heteroatoms. The summed E-state index contributed by atoms with van der Waals surface area (Å²) in [7, 11) is 0. The van der Waals surface area contributed by atoms with E-state index in [0.29, 0.717) is 24.2 Å². The number of ether oxygens (including phenoxy) is 1. The summed E-state index contributed by atoms with van der Waals surface area (Å²) in [6.07, 6.45) is -0.485. The minimum atomic E-state index is -2.38. The first kappa shape index (κ1) is 19.3. The van der Waals surface area contributed by atoms with Crippen molar-refractivity contribution >= 4 is 29.2 Å². The number of benzene rings is 1. The van der Waals surface area contributed by atoms with Gasteiger partial charge >= 0.3 is 5.97 Å². The van der Waals surface area contributed by atoms with Crippen molar-refractivity contribution in [2.45, 2.75) is 45.3 Å². The number of anilines is 2. The molecule has 1 aromatic carbocycles. The highest BCUT2D eigenvalue weighted by Crippen LogP contribution is 2.38. The summed E-state index contributed by atoms with van der Waals surface area (Å²) in [6, 6.07) is 5.30. The number of nitrogens with one attached hydrogen (secondary N) is 1. The van der Waals surface area contributed by atoms with Crippen LogP contribution in [0, 0.1) is 5.41 Å². The highest BCUT2D eigenvalue weighted by molar-refractivity contribution is 6.02. The maximum atomic E-state index is 13.0. The van der Waals surface area contributed by atoms with E-state index in [2.05, 4.69) is 5.32 Å². The average molecular weight is 376 g/mol. The number of aliphatic carboxylic acids is 1. The number of morpholine rings is 1. The molecular formula is C19H24N2O6. The molecule has 0 saturated carbocycles. The number of fused-ring (bicyclic) bond motifs is 1. The molecule has 3 rings (SSSR count). The van der Waals surface area contributed by atoms with Crippen LogP contribution in [0.25, 0.3) is 0 Å². The van der Waals surface area contributed by atoms with Crippen molar-refractivity contribution < 1.29 is 29.3 Å². The number of aliphatic hydroxyl groups is 1. The van der Waals surface area contributed by atoms with Gasteiger partial charge in [-0.3, -0.25) is 9.59 Å². The predicted molar refractivity (Wildman–Crippen MR) is 97.5 cm³/mol. The first-order valence-electron chi connectivity index (χ1n) is 8.87. The molecule has 8 nitrogen and oxygen atoms in total. The lowest BCUT2D eigenvalue weighted by molar-refractivity contribution is -0.203. The van der Waals surface area contributed by atoms with Crippen LogP contribution in [0.3, 0.4) is 0 Å². The van der Waals surface area contributed by atoms with Gasteiger partial charge in [-0.1, -0.05) is 26.8 Å². The number of hydrogen-bond acceptors (Lipinski definition) is 5. The van der Waals surface area contributed by atoms with E-state index in [1.54, 1.807) is 32.9 Å². The average Bonchev–Trinajstić information content (AvgIpc) is 2.59. The zero-order chi connectivity index (χ0) is 20.0. The third-order valence-corrected chi connectivity index (χ3v) is 5.24. The van der Waals surface area contributed by atoms with E-state index in [-0.39, 0.29) is 19.1 Å². The van der Waals surface area contributed by atoms with E-state index in [1.807, 2.05) is 6.07 Å². The number of carbonyl (C=O) groups is 3. The Morgan fingerprint density at radius 1 is 1.26 bits per heavy atom. The van der Waals surface area contributed by atoms with E-state index in [9.17, 15) is 24.6 Å². The van der Waals surface area contributed by atoms with Crippen LogP contribution in [0.15, 0.2) is 18.2 Å². The third kappa shape index (κ3) is 3.19. The Morgan fingerprint density at radius 2 is 1.96 bits per heavy atom. The van der Waals surface area contributed by atoms with Gasteiger partial charge in [-0.05, 0) is 24.1 Å². The standard InChI is InChI=1S/C19H24N2O6/c1-18(2,3)19(26,17(24)25)15-16(23)21(8-9-27-15)12-6-4-11-5-7-14(22)20-13(11)10-12/h4,6,10,15,26H,5,7-9H2,1-3H3,(H,20,22)(H,24,25)/t15-,19+/m0/s1. The van der Waals surface area contributed by atoms with Crippen LogP contribution in [0.2, 0.25) is 0 Å². The topological polar surface area (TPSA) is 116 Å². The van der Waals surface area contributed by atoms with Gasteiger partial charge < -0.3 is 25.2 Å². The summed E-state index contributed by atoms with van der Waals surface area (Å²) in [5.74, 6) is -2.21. The summed E-state index contributed by atoms with van der Waals surface area (Å²) in [4.78, 5) is 37.9. The molecule has 0 radical (unpaired) electrons. The van der Waals surface area contributed by atoms with Crippen molar-refractivity contribution in [2.24, 2.45) is 5.41 Å². The fourth-order valence-electron chi connectivity index (χ4n) is 3.49. The second-order valence-electron chi connectivity index (χ2n) is 7.95. The van der Waals surface area contributed by atoms with E-state index in [1.165, 1.54) is 4.90 Å². The van der Waals surface area contributed by atoms with Crippen LogP contribution in [-0.4, -0.2) is 52.9 Å². The smallest absolute Gasteiger partial charge is 0.339 e. The molecule has 27 heavy (non-hydrogen) atoms. The molecule has 146 valence electrons. The Labute approximate surface area is 157 Å². The van der Waals surface area contributed by atoms with E-state index < -0.39 is 29.0 Å². The fourth-order valence-corrected chi connectivity index (χ4v) is 3.49. The SMILES string of the molecule is CC(C)(C)[C@](O)(C(=O)O)[C@H]1OCCN(c2ccc3c(c2)NC(=O)CC3)C1=O. The second kappa shape index (κ2) is 6.61. The maximum absolute atomic E-state index is 13.0. The Kier molecular flexibility index (Phi) is 4.73. The molecule has 2 heterocycles. The van der Waals surface area contributed by atoms with Crippen molar-refractivity contribution in [1.82, 2.24) is 0 Å². The molecule has 1 fully saturated rings. The van der Waals surface area contributed by atoms with Gasteiger partial charge in [0.05, 0.1) is 6.61 Å². The Balaban J connectivity index is 1.95. The Morgan fingerprint density at radius 3 is 2.59 bits per heavy atom. The van der Waals surface area contributed by atoms with Crippen molar-refractivity contribution in [2.75, 3.05) is 23.4 Å². The molecule has 0 spiro atoms. The van der Waals surface area contributed by atoms with E-state index in [4.69, 9.17) is 4.74 Å². The third-order valence-electron chi connectivity index (χ3n) is 5.24. The Bertz CT molecular complexity index is 800. The molecule has 1 aromatic rings. The number of carboxylic acids is 1. The molecule has 0 aromatic heterocycles. The minimum Gasteiger partial charge on any atom is -0.479 e. The lowest BCUT2D eigenvalue weighted by Gasteiger charge is -2.44. The molecule has 0 unspecified atom stereocenters. The largest absolute Gasteiger partial charge is 0.479 e. The van der Waals surface area contributed by atoms with Gasteiger partial charge in [-0.15, -0.1) is 0 Å². The second-order valence-corrected chi connectivity index (χ2v) is 7.95. The quantitative estimate of drug-likeness (QED) is 0.729. The van der Waals surface area contributed by atoms with Gasteiger partial charge in [0.15, 0.2) is 6.10 Å². The molecule has 3 N–H and O–H groups in total. The fraction of sp³-hybridized carbons (Fsp3) is 0.526. The number of amides is 2. The van der Waals surface area contributed by atoms with Gasteiger partial charge in [0.1, 0.15) is 0 Å². The van der Waals surface area contributed by atoms with Crippen molar-refractivity contribution in [3.63, 3.8) is 0 Å². The minimum absolute atomic E-state index is 0.0844. The monoisotopic (exact) mass is 376 g/mol. The molecule has 0 bridgehead atoms. The molecule has 2 atom stereocenters. The van der Waals surface area contributed by atoms with Gasteiger partial charge in [-0.25, -0.2) is 4.79 Å². The number of aryl methyl sites for hydroxylation is 1. The zero-order valence-corrected chi connectivity index (χ0v) is 15.6. The van der Waals surface area contributed by atoms with Gasteiger partial charge in [0, 0.05) is 29.8 Å². The number of carboxylic acid groups (broad SMARTS) is 1. The van der Waals surface area contributed by atoms with Gasteiger partial charge in [0.25, 0.3) is 5.91 Å².